The first-order valence-corrected chi connectivity index (χ1v) is 8.30. The van der Waals surface area contributed by atoms with Gasteiger partial charge in [0.15, 0.2) is 5.82 Å². The maximum atomic E-state index is 12.8. The Kier molecular flexibility index (Phi) is 5.20. The number of carbonyl (C=O) groups excluding carboxylic acids is 1. The number of allylic oxidation sites excluding steroid dienone is 2. The van der Waals surface area contributed by atoms with Crippen molar-refractivity contribution in [3.8, 4) is 6.01 Å². The molecular weight excluding hydrogens is 297 g/mol. The summed E-state index contributed by atoms with van der Waals surface area (Å²) in [6.45, 7) is 0. The minimum Gasteiger partial charge on any atom is -0.460 e. The molecule has 1 atom stereocenters. The average molecular weight is 319 g/mol. The van der Waals surface area contributed by atoms with Gasteiger partial charge >= 0.3 is 6.01 Å². The van der Waals surface area contributed by atoms with E-state index in [1.165, 1.54) is 0 Å². The number of hydrogen-bond donors (Lipinski definition) is 1. The quantitative estimate of drug-likeness (QED) is 0.867. The first-order valence-electron chi connectivity index (χ1n) is 8.30. The highest BCUT2D eigenvalue weighted by molar-refractivity contribution is 5.79. The summed E-state index contributed by atoms with van der Waals surface area (Å²) >= 11 is 0. The second kappa shape index (κ2) is 7.53. The Bertz CT molecular complexity index is 553. The van der Waals surface area contributed by atoms with E-state index in [0.29, 0.717) is 0 Å². The van der Waals surface area contributed by atoms with Crippen LogP contribution in [-0.4, -0.2) is 28.0 Å². The van der Waals surface area contributed by atoms with E-state index in [9.17, 15) is 9.18 Å². The van der Waals surface area contributed by atoms with E-state index < -0.39 is 5.82 Å². The van der Waals surface area contributed by atoms with Crippen LogP contribution in [0.5, 0.6) is 6.01 Å². The van der Waals surface area contributed by atoms with Gasteiger partial charge in [0.25, 0.3) is 0 Å². The van der Waals surface area contributed by atoms with Gasteiger partial charge < -0.3 is 10.1 Å². The molecule has 0 aromatic carbocycles. The number of halogens is 1. The van der Waals surface area contributed by atoms with E-state index in [4.69, 9.17) is 4.74 Å². The van der Waals surface area contributed by atoms with Crippen LogP contribution in [0.25, 0.3) is 0 Å². The smallest absolute Gasteiger partial charge is 0.316 e. The Morgan fingerprint density at radius 2 is 1.87 bits per heavy atom. The lowest BCUT2D eigenvalue weighted by atomic mass is 9.90. The molecule has 1 aromatic rings. The maximum Gasteiger partial charge on any atom is 0.316 e. The van der Waals surface area contributed by atoms with Gasteiger partial charge in [0.2, 0.25) is 5.91 Å². The fourth-order valence-electron chi connectivity index (χ4n) is 3.19. The fourth-order valence-corrected chi connectivity index (χ4v) is 3.19. The lowest BCUT2D eigenvalue weighted by molar-refractivity contribution is -0.126. The highest BCUT2D eigenvalue weighted by Gasteiger charge is 2.26. The molecule has 1 fully saturated rings. The highest BCUT2D eigenvalue weighted by Crippen LogP contribution is 2.24. The van der Waals surface area contributed by atoms with Crippen molar-refractivity contribution in [2.24, 2.45) is 5.92 Å². The van der Waals surface area contributed by atoms with Crippen LogP contribution >= 0.6 is 0 Å². The summed E-state index contributed by atoms with van der Waals surface area (Å²) in [7, 11) is 0. The van der Waals surface area contributed by atoms with Gasteiger partial charge in [-0.1, -0.05) is 12.2 Å². The Hall–Kier alpha value is -1.98. The van der Waals surface area contributed by atoms with Crippen LogP contribution in [0.2, 0.25) is 0 Å². The summed E-state index contributed by atoms with van der Waals surface area (Å²) < 4.78 is 18.4. The van der Waals surface area contributed by atoms with Crippen LogP contribution in [0.4, 0.5) is 4.39 Å². The Morgan fingerprint density at radius 3 is 2.52 bits per heavy atom. The monoisotopic (exact) mass is 319 g/mol. The van der Waals surface area contributed by atoms with E-state index in [1.807, 2.05) is 0 Å². The van der Waals surface area contributed by atoms with Gasteiger partial charge in [-0.05, 0) is 44.9 Å². The van der Waals surface area contributed by atoms with Gasteiger partial charge in [0.05, 0.1) is 12.4 Å². The first kappa shape index (κ1) is 15.9. The zero-order valence-corrected chi connectivity index (χ0v) is 13.1. The topological polar surface area (TPSA) is 64.1 Å². The van der Waals surface area contributed by atoms with Gasteiger partial charge in [-0.3, -0.25) is 4.79 Å². The fraction of sp³-hybridized carbons (Fsp3) is 0.588. The third kappa shape index (κ3) is 4.50. The molecule has 3 rings (SSSR count). The van der Waals surface area contributed by atoms with Gasteiger partial charge in [0, 0.05) is 12.0 Å². The molecule has 1 N–H and O–H groups in total. The van der Waals surface area contributed by atoms with Crippen molar-refractivity contribution in [2.75, 3.05) is 0 Å². The highest BCUT2D eigenvalue weighted by atomic mass is 19.1. The number of rotatable bonds is 4. The third-order valence-corrected chi connectivity index (χ3v) is 4.53. The molecular formula is C17H22FN3O2. The van der Waals surface area contributed by atoms with Crippen LogP contribution in [0.1, 0.15) is 44.9 Å². The zero-order chi connectivity index (χ0) is 16.1. The van der Waals surface area contributed by atoms with Gasteiger partial charge in [-0.15, -0.1) is 0 Å². The second-order valence-corrected chi connectivity index (χ2v) is 6.27. The van der Waals surface area contributed by atoms with Crippen LogP contribution in [0, 0.1) is 11.7 Å². The molecule has 0 bridgehead atoms. The number of hydrogen-bond acceptors (Lipinski definition) is 4. The number of aromatic nitrogens is 2. The van der Waals surface area contributed by atoms with Gasteiger partial charge in [-0.25, -0.2) is 14.4 Å². The molecule has 0 radical (unpaired) electrons. The predicted molar refractivity (Wildman–Crippen MR) is 83.3 cm³/mol. The normalized spacial score (nSPS) is 27.4. The number of nitrogens with zero attached hydrogens (tertiary/aromatic N) is 2. The second-order valence-electron chi connectivity index (χ2n) is 6.27. The van der Waals surface area contributed by atoms with Crippen molar-refractivity contribution >= 4 is 5.91 Å². The molecule has 5 nitrogen and oxygen atoms in total. The Morgan fingerprint density at radius 1 is 1.13 bits per heavy atom. The molecule has 2 aliphatic rings. The molecule has 0 saturated heterocycles. The van der Waals surface area contributed by atoms with Crippen molar-refractivity contribution in [3.63, 3.8) is 0 Å². The number of nitrogens with one attached hydrogen (secondary N) is 1. The zero-order valence-electron chi connectivity index (χ0n) is 13.1. The average Bonchev–Trinajstić information content (AvgIpc) is 2.59. The van der Waals surface area contributed by atoms with E-state index in [2.05, 4.69) is 27.4 Å². The molecule has 0 aliphatic heterocycles. The van der Waals surface area contributed by atoms with E-state index in [0.717, 1.165) is 57.3 Å². The molecule has 2 aliphatic carbocycles. The van der Waals surface area contributed by atoms with E-state index >= 15 is 0 Å². The number of ether oxygens (including phenoxy) is 1. The van der Waals surface area contributed by atoms with Crippen molar-refractivity contribution in [3.05, 3.63) is 30.4 Å². The predicted octanol–water partition coefficient (Wildman–Crippen LogP) is 2.78. The summed E-state index contributed by atoms with van der Waals surface area (Å²) in [4.78, 5) is 19.9. The van der Waals surface area contributed by atoms with Gasteiger partial charge in [-0.2, -0.15) is 0 Å². The lowest BCUT2D eigenvalue weighted by Gasteiger charge is -2.30. The molecule has 1 heterocycles. The van der Waals surface area contributed by atoms with Crippen molar-refractivity contribution in [2.45, 2.75) is 57.1 Å². The van der Waals surface area contributed by atoms with Gasteiger partial charge in [0.1, 0.15) is 6.10 Å². The van der Waals surface area contributed by atoms with E-state index in [-0.39, 0.29) is 30.0 Å². The third-order valence-electron chi connectivity index (χ3n) is 4.53. The summed E-state index contributed by atoms with van der Waals surface area (Å²) in [5.41, 5.74) is 0. The number of carbonyl (C=O) groups is 1. The Balaban J connectivity index is 1.42. The van der Waals surface area contributed by atoms with Crippen LogP contribution in [0.3, 0.4) is 0 Å². The molecule has 124 valence electrons. The first-order chi connectivity index (χ1) is 11.2. The summed E-state index contributed by atoms with van der Waals surface area (Å²) in [6, 6.07) is 0.440. The molecule has 1 unspecified atom stereocenters. The molecule has 1 aromatic heterocycles. The van der Waals surface area contributed by atoms with Crippen LogP contribution in [0.15, 0.2) is 24.5 Å². The molecule has 6 heteroatoms. The molecule has 1 amide bonds. The van der Waals surface area contributed by atoms with Crippen molar-refractivity contribution in [1.82, 2.24) is 15.3 Å². The van der Waals surface area contributed by atoms with Crippen LogP contribution < -0.4 is 10.1 Å². The maximum absolute atomic E-state index is 12.8. The Labute approximate surface area is 135 Å². The minimum atomic E-state index is -0.471. The van der Waals surface area contributed by atoms with E-state index in [1.54, 1.807) is 0 Å². The molecule has 1 saturated carbocycles. The molecule has 0 spiro atoms. The van der Waals surface area contributed by atoms with Crippen molar-refractivity contribution in [1.29, 1.82) is 0 Å². The summed E-state index contributed by atoms with van der Waals surface area (Å²) in [6.07, 6.45) is 12.7. The largest absolute Gasteiger partial charge is 0.460 e. The lowest BCUT2D eigenvalue weighted by Crippen LogP contribution is -2.42. The van der Waals surface area contributed by atoms with Crippen LogP contribution in [-0.2, 0) is 4.79 Å². The van der Waals surface area contributed by atoms with Crippen molar-refractivity contribution < 1.29 is 13.9 Å². The summed E-state index contributed by atoms with van der Waals surface area (Å²) in [5.74, 6) is -0.163. The summed E-state index contributed by atoms with van der Waals surface area (Å²) in [5, 5.41) is 3.17. The molecule has 23 heavy (non-hydrogen) atoms. The minimum absolute atomic E-state index is 0.0335. The SMILES string of the molecule is O=C(NC1CCC(Oc2ncc(F)cn2)CC1)C1CC=CCC1. The standard InChI is InChI=1S/C17H22FN3O2/c18-13-10-19-17(20-11-13)23-15-8-6-14(7-9-15)21-16(22)12-4-2-1-3-5-12/h1-2,10-12,14-15H,3-9H2,(H,21,22). The number of amides is 1.